The summed E-state index contributed by atoms with van der Waals surface area (Å²) in [5.74, 6) is -0.365. The Labute approximate surface area is 98.4 Å². The lowest BCUT2D eigenvalue weighted by Crippen LogP contribution is -2.29. The largest absolute Gasteiger partial charge is 0.469 e. The highest BCUT2D eigenvalue weighted by Gasteiger charge is 2.36. The Hall–Kier alpha value is -1.09. The van der Waals surface area contributed by atoms with E-state index in [4.69, 9.17) is 11.6 Å². The van der Waals surface area contributed by atoms with Gasteiger partial charge in [0.1, 0.15) is 5.82 Å². The Morgan fingerprint density at radius 1 is 1.50 bits per heavy atom. The summed E-state index contributed by atoms with van der Waals surface area (Å²) in [4.78, 5) is 11.2. The van der Waals surface area contributed by atoms with Gasteiger partial charge in [-0.3, -0.25) is 4.79 Å². The Balaban J connectivity index is 2.01. The lowest BCUT2D eigenvalue weighted by Gasteiger charge is -2.33. The summed E-state index contributed by atoms with van der Waals surface area (Å²) in [6.07, 6.45) is 1.46. The first-order valence-corrected chi connectivity index (χ1v) is 5.52. The van der Waals surface area contributed by atoms with Crippen molar-refractivity contribution in [1.29, 1.82) is 0 Å². The molecule has 1 aliphatic rings. The molecule has 0 atom stereocenters. The molecule has 2 rings (SSSR count). The van der Waals surface area contributed by atoms with Gasteiger partial charge in [0, 0.05) is 0 Å². The lowest BCUT2D eigenvalue weighted by atomic mass is 9.71. The van der Waals surface area contributed by atoms with Gasteiger partial charge in [-0.2, -0.15) is 0 Å². The molecule has 2 nitrogen and oxygen atoms in total. The molecule has 0 radical (unpaired) electrons. The first-order valence-electron chi connectivity index (χ1n) is 5.14. The van der Waals surface area contributed by atoms with Gasteiger partial charge in [-0.25, -0.2) is 4.39 Å². The summed E-state index contributed by atoms with van der Waals surface area (Å²) in [6.45, 7) is 0. The van der Waals surface area contributed by atoms with E-state index in [1.165, 1.54) is 13.2 Å². The minimum absolute atomic E-state index is 0.0336. The van der Waals surface area contributed by atoms with Crippen molar-refractivity contribution >= 4 is 17.6 Å². The van der Waals surface area contributed by atoms with Crippen molar-refractivity contribution in [2.45, 2.75) is 18.8 Å². The van der Waals surface area contributed by atoms with Crippen molar-refractivity contribution in [3.63, 3.8) is 0 Å². The van der Waals surface area contributed by atoms with Crippen molar-refractivity contribution in [1.82, 2.24) is 0 Å². The Morgan fingerprint density at radius 2 is 2.19 bits per heavy atom. The number of halogens is 2. The molecule has 1 saturated carbocycles. The van der Waals surface area contributed by atoms with Crippen molar-refractivity contribution in [2.24, 2.45) is 5.92 Å². The smallest absolute Gasteiger partial charge is 0.308 e. The molecular weight excluding hydrogens is 231 g/mol. The fourth-order valence-corrected chi connectivity index (χ4v) is 2.13. The van der Waals surface area contributed by atoms with Gasteiger partial charge in [0.15, 0.2) is 0 Å². The third-order valence-corrected chi connectivity index (χ3v) is 3.39. The molecule has 1 aliphatic carbocycles. The number of methoxy groups -OCH3 is 1. The summed E-state index contributed by atoms with van der Waals surface area (Å²) < 4.78 is 17.8. The van der Waals surface area contributed by atoms with Crippen LogP contribution >= 0.6 is 11.6 Å². The minimum Gasteiger partial charge on any atom is -0.469 e. The van der Waals surface area contributed by atoms with E-state index in [2.05, 4.69) is 4.74 Å². The molecule has 0 aromatic heterocycles. The molecule has 0 saturated heterocycles. The van der Waals surface area contributed by atoms with Gasteiger partial charge < -0.3 is 4.74 Å². The van der Waals surface area contributed by atoms with E-state index in [1.807, 2.05) is 6.07 Å². The zero-order chi connectivity index (χ0) is 11.7. The fraction of sp³-hybridized carbons (Fsp3) is 0.417. The summed E-state index contributed by atoms with van der Waals surface area (Å²) in [5.41, 5.74) is 0.905. The molecular formula is C12H12ClFO2. The van der Waals surface area contributed by atoms with Crippen LogP contribution in [0.5, 0.6) is 0 Å². The first kappa shape index (κ1) is 11.4. The van der Waals surface area contributed by atoms with Crippen LogP contribution in [0.25, 0.3) is 0 Å². The summed E-state index contributed by atoms with van der Waals surface area (Å²) in [6, 6.07) is 4.81. The van der Waals surface area contributed by atoms with Gasteiger partial charge in [-0.1, -0.05) is 17.7 Å². The van der Waals surface area contributed by atoms with Crippen molar-refractivity contribution < 1.29 is 13.9 Å². The van der Waals surface area contributed by atoms with Gasteiger partial charge >= 0.3 is 5.97 Å². The molecule has 0 aliphatic heterocycles. The van der Waals surface area contributed by atoms with Crippen molar-refractivity contribution in [3.05, 3.63) is 34.6 Å². The van der Waals surface area contributed by atoms with E-state index in [0.29, 0.717) is 0 Å². The molecule has 0 bridgehead atoms. The fourth-order valence-electron chi connectivity index (χ4n) is 2.02. The van der Waals surface area contributed by atoms with Crippen molar-refractivity contribution in [3.8, 4) is 0 Å². The van der Waals surface area contributed by atoms with E-state index in [1.54, 1.807) is 6.07 Å². The number of rotatable bonds is 2. The van der Waals surface area contributed by atoms with Gasteiger partial charge in [0.25, 0.3) is 0 Å². The van der Waals surface area contributed by atoms with Gasteiger partial charge in [-0.15, -0.1) is 0 Å². The van der Waals surface area contributed by atoms with Gasteiger partial charge in [0.2, 0.25) is 0 Å². The summed E-state index contributed by atoms with van der Waals surface area (Å²) >= 11 is 5.60. The molecule has 0 N–H and O–H groups in total. The maximum Gasteiger partial charge on any atom is 0.308 e. The highest BCUT2D eigenvalue weighted by molar-refractivity contribution is 6.30. The van der Waals surface area contributed by atoms with E-state index >= 15 is 0 Å². The quantitative estimate of drug-likeness (QED) is 0.745. The predicted octanol–water partition coefficient (Wildman–Crippen LogP) is 3.15. The number of hydrogen-bond acceptors (Lipinski definition) is 2. The zero-order valence-electron chi connectivity index (χ0n) is 8.87. The van der Waals surface area contributed by atoms with Crippen LogP contribution in [-0.4, -0.2) is 13.1 Å². The number of ether oxygens (including phenoxy) is 1. The predicted molar refractivity (Wildman–Crippen MR) is 58.9 cm³/mol. The Kier molecular flexibility index (Phi) is 3.15. The minimum atomic E-state index is -0.402. The Bertz CT molecular complexity index is 413. The maximum absolute atomic E-state index is 13.2. The van der Waals surface area contributed by atoms with Gasteiger partial charge in [-0.05, 0) is 36.5 Å². The molecule has 16 heavy (non-hydrogen) atoms. The maximum atomic E-state index is 13.2. The number of carbonyl (C=O) groups excluding carboxylic acids is 1. The first-order chi connectivity index (χ1) is 7.61. The van der Waals surface area contributed by atoms with E-state index in [9.17, 15) is 9.18 Å². The average Bonchev–Trinajstić information content (AvgIpc) is 2.21. The standard InChI is InChI=1S/C12H12ClFO2/c1-16-12(15)9-4-8(5-9)7-2-3-10(13)11(14)6-7/h2-3,6,8-9H,4-5H2,1H3/t8-,9+. The number of hydrogen-bond donors (Lipinski definition) is 0. The zero-order valence-corrected chi connectivity index (χ0v) is 9.63. The van der Waals surface area contributed by atoms with Crippen LogP contribution in [0.3, 0.4) is 0 Å². The second-order valence-corrected chi connectivity index (χ2v) is 4.47. The summed E-state index contributed by atoms with van der Waals surface area (Å²) in [7, 11) is 1.39. The average molecular weight is 243 g/mol. The number of benzene rings is 1. The molecule has 86 valence electrons. The van der Waals surface area contributed by atoms with Gasteiger partial charge in [0.05, 0.1) is 18.1 Å². The van der Waals surface area contributed by atoms with Crippen LogP contribution in [0, 0.1) is 11.7 Å². The third kappa shape index (κ3) is 2.05. The van der Waals surface area contributed by atoms with Crippen LogP contribution in [0.2, 0.25) is 5.02 Å². The topological polar surface area (TPSA) is 26.3 Å². The normalized spacial score (nSPS) is 23.7. The van der Waals surface area contributed by atoms with Crippen LogP contribution in [0.15, 0.2) is 18.2 Å². The third-order valence-electron chi connectivity index (χ3n) is 3.09. The van der Waals surface area contributed by atoms with Crippen LogP contribution < -0.4 is 0 Å². The Morgan fingerprint density at radius 3 is 2.75 bits per heavy atom. The second kappa shape index (κ2) is 4.42. The van der Waals surface area contributed by atoms with Crippen LogP contribution in [-0.2, 0) is 9.53 Å². The van der Waals surface area contributed by atoms with E-state index < -0.39 is 5.82 Å². The SMILES string of the molecule is COC(=O)[C@H]1C[C@@H](c2ccc(Cl)c(F)c2)C1. The summed E-state index contributed by atoms with van der Waals surface area (Å²) in [5, 5.41) is 0.132. The molecule has 4 heteroatoms. The highest BCUT2D eigenvalue weighted by atomic mass is 35.5. The molecule has 0 heterocycles. The van der Waals surface area contributed by atoms with E-state index in [-0.39, 0.29) is 22.8 Å². The molecule has 1 fully saturated rings. The molecule has 0 unspecified atom stereocenters. The molecule has 1 aromatic carbocycles. The van der Waals surface area contributed by atoms with Crippen LogP contribution in [0.1, 0.15) is 24.3 Å². The molecule has 0 spiro atoms. The highest BCUT2D eigenvalue weighted by Crippen LogP contribution is 2.42. The van der Waals surface area contributed by atoms with Crippen LogP contribution in [0.4, 0.5) is 4.39 Å². The number of esters is 1. The molecule has 1 aromatic rings. The number of carbonyl (C=O) groups is 1. The van der Waals surface area contributed by atoms with E-state index in [0.717, 1.165) is 18.4 Å². The van der Waals surface area contributed by atoms with Crippen molar-refractivity contribution in [2.75, 3.05) is 7.11 Å². The lowest BCUT2D eigenvalue weighted by molar-refractivity contribution is -0.148. The monoisotopic (exact) mass is 242 g/mol. The second-order valence-electron chi connectivity index (χ2n) is 4.06. The molecule has 0 amide bonds.